The van der Waals surface area contributed by atoms with Crippen LogP contribution in [-0.2, 0) is 16.4 Å². The topological polar surface area (TPSA) is 61.2 Å². The number of benzene rings is 1. The molecule has 0 amide bonds. The van der Waals surface area contributed by atoms with Crippen LogP contribution in [0.25, 0.3) is 0 Å². The first-order chi connectivity index (χ1) is 9.45. The maximum Gasteiger partial charge on any atom is 0.243 e. The van der Waals surface area contributed by atoms with Crippen LogP contribution in [0.4, 0.5) is 0 Å². The van der Waals surface area contributed by atoms with Crippen LogP contribution in [0, 0.1) is 17.2 Å². The Kier molecular flexibility index (Phi) is 4.46. The summed E-state index contributed by atoms with van der Waals surface area (Å²) in [6, 6.07) is 8.75. The molecule has 20 heavy (non-hydrogen) atoms. The second-order valence-corrected chi connectivity index (χ2v) is 7.48. The molecule has 0 bridgehead atoms. The molecule has 1 aliphatic rings. The lowest BCUT2D eigenvalue weighted by atomic mass is 9.97. The third-order valence-corrected chi connectivity index (χ3v) is 5.87. The minimum absolute atomic E-state index is 0.0509. The molecule has 1 aromatic carbocycles. The highest BCUT2D eigenvalue weighted by Crippen LogP contribution is 2.27. The zero-order valence-electron chi connectivity index (χ0n) is 11.9. The third-order valence-electron chi connectivity index (χ3n) is 3.87. The third kappa shape index (κ3) is 3.02. The van der Waals surface area contributed by atoms with Gasteiger partial charge in [0.2, 0.25) is 10.0 Å². The Hall–Kier alpha value is -1.38. The molecule has 5 heteroatoms. The van der Waals surface area contributed by atoms with E-state index >= 15 is 0 Å². The van der Waals surface area contributed by atoms with Gasteiger partial charge in [-0.1, -0.05) is 19.1 Å². The lowest BCUT2D eigenvalue weighted by Gasteiger charge is -2.35. The van der Waals surface area contributed by atoms with E-state index in [4.69, 9.17) is 5.26 Å². The maximum atomic E-state index is 12.7. The smallest absolute Gasteiger partial charge is 0.207 e. The Morgan fingerprint density at radius 1 is 1.25 bits per heavy atom. The summed E-state index contributed by atoms with van der Waals surface area (Å²) in [6.07, 6.45) is 2.29. The van der Waals surface area contributed by atoms with Crippen molar-refractivity contribution in [3.63, 3.8) is 0 Å². The van der Waals surface area contributed by atoms with Crippen LogP contribution < -0.4 is 0 Å². The number of hydrogen-bond acceptors (Lipinski definition) is 3. The quantitative estimate of drug-likeness (QED) is 0.860. The van der Waals surface area contributed by atoms with Crippen molar-refractivity contribution in [2.24, 2.45) is 5.92 Å². The standard InChI is InChI=1S/C15H20N2O2S/c1-12-3-4-13(2)17(11-12)20(18,19)15-7-5-14(6-8-15)9-10-16/h5-8,12-13H,3-4,9,11H2,1-2H3. The maximum absolute atomic E-state index is 12.7. The van der Waals surface area contributed by atoms with Gasteiger partial charge in [-0.25, -0.2) is 8.42 Å². The van der Waals surface area contributed by atoms with E-state index in [1.54, 1.807) is 28.6 Å². The van der Waals surface area contributed by atoms with E-state index in [0.29, 0.717) is 23.8 Å². The first-order valence-corrected chi connectivity index (χ1v) is 8.37. The predicted molar refractivity (Wildman–Crippen MR) is 77.5 cm³/mol. The first-order valence-electron chi connectivity index (χ1n) is 6.93. The van der Waals surface area contributed by atoms with Crippen LogP contribution >= 0.6 is 0 Å². The van der Waals surface area contributed by atoms with Gasteiger partial charge in [-0.15, -0.1) is 0 Å². The zero-order chi connectivity index (χ0) is 14.8. The van der Waals surface area contributed by atoms with Gasteiger partial charge in [0, 0.05) is 12.6 Å². The Balaban J connectivity index is 2.27. The van der Waals surface area contributed by atoms with Gasteiger partial charge in [0.1, 0.15) is 0 Å². The number of nitrogens with zero attached hydrogens (tertiary/aromatic N) is 2. The van der Waals surface area contributed by atoms with Crippen molar-refractivity contribution in [1.29, 1.82) is 5.26 Å². The first kappa shape index (κ1) is 15.0. The van der Waals surface area contributed by atoms with Crippen molar-refractivity contribution < 1.29 is 8.42 Å². The van der Waals surface area contributed by atoms with E-state index in [0.717, 1.165) is 18.4 Å². The minimum atomic E-state index is -3.43. The van der Waals surface area contributed by atoms with Gasteiger partial charge in [-0.05, 0) is 43.4 Å². The molecule has 1 aliphatic heterocycles. The number of nitriles is 1. The number of rotatable bonds is 3. The fourth-order valence-corrected chi connectivity index (χ4v) is 4.37. The summed E-state index contributed by atoms with van der Waals surface area (Å²) in [5.74, 6) is 0.402. The van der Waals surface area contributed by atoms with Crippen LogP contribution in [-0.4, -0.2) is 25.3 Å². The van der Waals surface area contributed by atoms with Crippen molar-refractivity contribution in [3.05, 3.63) is 29.8 Å². The number of sulfonamides is 1. The Labute approximate surface area is 121 Å². The van der Waals surface area contributed by atoms with Gasteiger partial charge >= 0.3 is 0 Å². The summed E-state index contributed by atoms with van der Waals surface area (Å²) in [6.45, 7) is 4.64. The number of hydrogen-bond donors (Lipinski definition) is 0. The molecule has 0 radical (unpaired) electrons. The molecule has 4 nitrogen and oxygen atoms in total. The van der Waals surface area contributed by atoms with Crippen molar-refractivity contribution in [3.8, 4) is 6.07 Å². The average Bonchev–Trinajstić information content (AvgIpc) is 2.42. The lowest BCUT2D eigenvalue weighted by molar-refractivity contribution is 0.218. The lowest BCUT2D eigenvalue weighted by Crippen LogP contribution is -2.44. The second-order valence-electron chi connectivity index (χ2n) is 5.59. The van der Waals surface area contributed by atoms with E-state index in [-0.39, 0.29) is 6.04 Å². The molecule has 1 fully saturated rings. The molecule has 2 unspecified atom stereocenters. The van der Waals surface area contributed by atoms with Crippen LogP contribution in [0.3, 0.4) is 0 Å². The average molecular weight is 292 g/mol. The molecule has 0 N–H and O–H groups in total. The second kappa shape index (κ2) is 5.94. The monoisotopic (exact) mass is 292 g/mol. The van der Waals surface area contributed by atoms with Gasteiger partial charge in [0.25, 0.3) is 0 Å². The summed E-state index contributed by atoms with van der Waals surface area (Å²) < 4.78 is 27.0. The van der Waals surface area contributed by atoms with Gasteiger partial charge < -0.3 is 0 Å². The fourth-order valence-electron chi connectivity index (χ4n) is 2.59. The van der Waals surface area contributed by atoms with E-state index in [9.17, 15) is 8.42 Å². The highest BCUT2D eigenvalue weighted by molar-refractivity contribution is 7.89. The SMILES string of the molecule is CC1CCC(C)N(S(=O)(=O)c2ccc(CC#N)cc2)C1. The zero-order valence-corrected chi connectivity index (χ0v) is 12.7. The fraction of sp³-hybridized carbons (Fsp3) is 0.533. The van der Waals surface area contributed by atoms with Crippen LogP contribution in [0.2, 0.25) is 0 Å². The molecule has 1 aromatic rings. The van der Waals surface area contributed by atoms with E-state index in [2.05, 4.69) is 13.0 Å². The molecular formula is C15H20N2O2S. The highest BCUT2D eigenvalue weighted by atomic mass is 32.2. The molecule has 1 saturated heterocycles. The summed E-state index contributed by atoms with van der Waals surface area (Å²) in [7, 11) is -3.43. The summed E-state index contributed by atoms with van der Waals surface area (Å²) >= 11 is 0. The molecule has 0 aliphatic carbocycles. The van der Waals surface area contributed by atoms with Crippen molar-refractivity contribution in [1.82, 2.24) is 4.31 Å². The summed E-state index contributed by atoms with van der Waals surface area (Å²) in [4.78, 5) is 0.320. The van der Waals surface area contributed by atoms with Crippen LogP contribution in [0.1, 0.15) is 32.3 Å². The van der Waals surface area contributed by atoms with Crippen molar-refractivity contribution in [2.45, 2.75) is 44.0 Å². The normalized spacial score (nSPS) is 24.2. The molecule has 1 heterocycles. The largest absolute Gasteiger partial charge is 0.243 e. The van der Waals surface area contributed by atoms with E-state index in [1.807, 2.05) is 6.92 Å². The van der Waals surface area contributed by atoms with Crippen molar-refractivity contribution >= 4 is 10.0 Å². The van der Waals surface area contributed by atoms with Crippen LogP contribution in [0.5, 0.6) is 0 Å². The van der Waals surface area contributed by atoms with Gasteiger partial charge in [0.15, 0.2) is 0 Å². The molecular weight excluding hydrogens is 272 g/mol. The van der Waals surface area contributed by atoms with Gasteiger partial charge in [-0.2, -0.15) is 9.57 Å². The summed E-state index contributed by atoms with van der Waals surface area (Å²) in [5.41, 5.74) is 0.839. The molecule has 0 saturated carbocycles. The number of piperidine rings is 1. The van der Waals surface area contributed by atoms with Gasteiger partial charge in [0.05, 0.1) is 17.4 Å². The predicted octanol–water partition coefficient (Wildman–Crippen LogP) is 2.56. The highest BCUT2D eigenvalue weighted by Gasteiger charge is 2.33. The molecule has 2 atom stereocenters. The Bertz CT molecular complexity index is 602. The Morgan fingerprint density at radius 3 is 2.50 bits per heavy atom. The van der Waals surface area contributed by atoms with E-state index < -0.39 is 10.0 Å². The molecule has 2 rings (SSSR count). The van der Waals surface area contributed by atoms with Crippen molar-refractivity contribution in [2.75, 3.05) is 6.54 Å². The summed E-state index contributed by atoms with van der Waals surface area (Å²) in [5, 5.41) is 8.64. The minimum Gasteiger partial charge on any atom is -0.207 e. The molecule has 0 spiro atoms. The molecule has 108 valence electrons. The van der Waals surface area contributed by atoms with Crippen LogP contribution in [0.15, 0.2) is 29.2 Å². The molecule has 0 aromatic heterocycles. The van der Waals surface area contributed by atoms with Gasteiger partial charge in [-0.3, -0.25) is 0 Å². The van der Waals surface area contributed by atoms with E-state index in [1.165, 1.54) is 0 Å². The Morgan fingerprint density at radius 2 is 1.90 bits per heavy atom.